The minimum atomic E-state index is -3.74. The Morgan fingerprint density at radius 1 is 1.00 bits per heavy atom. The van der Waals surface area contributed by atoms with Crippen molar-refractivity contribution in [2.45, 2.75) is 37.5 Å². The number of hydrogen-bond acceptors (Lipinski definition) is 3. The molecule has 2 amide bonds. The normalized spacial score (nSPS) is 14.2. The molecule has 1 fully saturated rings. The molecule has 0 aromatic heterocycles. The molecule has 6 nitrogen and oxygen atoms in total. The van der Waals surface area contributed by atoms with E-state index in [-0.39, 0.29) is 10.9 Å². The fourth-order valence-corrected chi connectivity index (χ4v) is 4.20. The first kappa shape index (κ1) is 19.2. The van der Waals surface area contributed by atoms with Gasteiger partial charge in [0.15, 0.2) is 0 Å². The molecule has 1 heterocycles. The van der Waals surface area contributed by atoms with Crippen LogP contribution in [0.1, 0.15) is 31.7 Å². The Labute approximate surface area is 160 Å². The van der Waals surface area contributed by atoms with Gasteiger partial charge in [-0.15, -0.1) is 0 Å². The molecule has 1 saturated heterocycles. The van der Waals surface area contributed by atoms with E-state index in [2.05, 4.69) is 17.0 Å². The molecule has 2 N–H and O–H groups in total. The molecular formula is C20H25N3O3S. The molecule has 27 heavy (non-hydrogen) atoms. The van der Waals surface area contributed by atoms with Crippen LogP contribution in [-0.4, -0.2) is 32.4 Å². The molecule has 2 aromatic carbocycles. The number of likely N-dealkylation sites (tertiary alicyclic amines) is 1. The van der Waals surface area contributed by atoms with Crippen LogP contribution in [0.4, 0.5) is 16.2 Å². The summed E-state index contributed by atoms with van der Waals surface area (Å²) in [5.41, 5.74) is 1.90. The zero-order valence-corrected chi connectivity index (χ0v) is 16.3. The van der Waals surface area contributed by atoms with E-state index in [0.717, 1.165) is 44.3 Å². The van der Waals surface area contributed by atoms with Crippen LogP contribution in [0.2, 0.25) is 0 Å². The van der Waals surface area contributed by atoms with Crippen molar-refractivity contribution in [2.24, 2.45) is 0 Å². The van der Waals surface area contributed by atoms with Crippen LogP contribution >= 0.6 is 0 Å². The maximum Gasteiger partial charge on any atom is 0.321 e. The van der Waals surface area contributed by atoms with Crippen molar-refractivity contribution in [2.75, 3.05) is 23.1 Å². The summed E-state index contributed by atoms with van der Waals surface area (Å²) in [7, 11) is -3.74. The summed E-state index contributed by atoms with van der Waals surface area (Å²) in [6.45, 7) is 3.53. The summed E-state index contributed by atoms with van der Waals surface area (Å²) >= 11 is 0. The van der Waals surface area contributed by atoms with Gasteiger partial charge in [0, 0.05) is 13.1 Å². The number of hydrogen-bond donors (Lipinski definition) is 2. The lowest BCUT2D eigenvalue weighted by Crippen LogP contribution is -2.32. The maximum atomic E-state index is 12.7. The van der Waals surface area contributed by atoms with Crippen LogP contribution in [0, 0.1) is 0 Å². The Bertz CT molecular complexity index is 889. The third kappa shape index (κ3) is 4.80. The molecule has 0 atom stereocenters. The van der Waals surface area contributed by atoms with E-state index in [4.69, 9.17) is 0 Å². The van der Waals surface area contributed by atoms with Crippen molar-refractivity contribution in [3.8, 4) is 0 Å². The molecule has 0 spiro atoms. The number of urea groups is 1. The highest BCUT2D eigenvalue weighted by Crippen LogP contribution is 2.25. The molecule has 3 rings (SSSR count). The van der Waals surface area contributed by atoms with Crippen molar-refractivity contribution in [3.05, 3.63) is 54.1 Å². The average molecular weight is 388 g/mol. The van der Waals surface area contributed by atoms with Gasteiger partial charge in [-0.2, -0.15) is 0 Å². The van der Waals surface area contributed by atoms with Crippen LogP contribution in [-0.2, 0) is 16.4 Å². The first-order valence-electron chi connectivity index (χ1n) is 9.26. The van der Waals surface area contributed by atoms with Gasteiger partial charge in [-0.05, 0) is 49.1 Å². The molecule has 0 unspecified atom stereocenters. The van der Waals surface area contributed by atoms with Gasteiger partial charge in [-0.3, -0.25) is 4.72 Å². The summed E-state index contributed by atoms with van der Waals surface area (Å²) in [6, 6.07) is 13.5. The number of para-hydroxylation sites is 2. The number of carbonyl (C=O) groups excluding carboxylic acids is 1. The molecule has 7 heteroatoms. The number of amides is 2. The molecular weight excluding hydrogens is 362 g/mol. The van der Waals surface area contributed by atoms with E-state index in [0.29, 0.717) is 11.4 Å². The van der Waals surface area contributed by atoms with Crippen LogP contribution in [0.25, 0.3) is 0 Å². The van der Waals surface area contributed by atoms with Crippen molar-refractivity contribution in [3.63, 3.8) is 0 Å². The highest BCUT2D eigenvalue weighted by atomic mass is 32.2. The second kappa shape index (κ2) is 8.43. The second-order valence-corrected chi connectivity index (χ2v) is 8.35. The third-order valence-corrected chi connectivity index (χ3v) is 5.96. The molecule has 0 aliphatic carbocycles. The van der Waals surface area contributed by atoms with Crippen molar-refractivity contribution < 1.29 is 13.2 Å². The maximum absolute atomic E-state index is 12.7. The number of benzene rings is 2. The summed E-state index contributed by atoms with van der Waals surface area (Å²) in [4.78, 5) is 14.3. The number of sulfonamides is 1. The SMILES string of the molecule is CCCc1ccc(S(=O)(=O)Nc2ccccc2NC(=O)N2CCCC2)cc1. The first-order valence-corrected chi connectivity index (χ1v) is 10.7. The van der Waals surface area contributed by atoms with Crippen LogP contribution < -0.4 is 10.0 Å². The summed E-state index contributed by atoms with van der Waals surface area (Å²) < 4.78 is 28.1. The van der Waals surface area contributed by atoms with Gasteiger partial charge in [0.2, 0.25) is 0 Å². The Kier molecular flexibility index (Phi) is 6.01. The summed E-state index contributed by atoms with van der Waals surface area (Å²) in [6.07, 6.45) is 3.92. The quantitative estimate of drug-likeness (QED) is 0.784. The molecule has 0 radical (unpaired) electrons. The van der Waals surface area contributed by atoms with E-state index >= 15 is 0 Å². The monoisotopic (exact) mass is 387 g/mol. The Morgan fingerprint density at radius 3 is 2.26 bits per heavy atom. The largest absolute Gasteiger partial charge is 0.325 e. The van der Waals surface area contributed by atoms with Crippen LogP contribution in [0.5, 0.6) is 0 Å². The summed E-state index contributed by atoms with van der Waals surface area (Å²) in [5.74, 6) is 0. The van der Waals surface area contributed by atoms with Gasteiger partial charge in [0.05, 0.1) is 16.3 Å². The van der Waals surface area contributed by atoms with Crippen molar-refractivity contribution >= 4 is 27.4 Å². The lowest BCUT2D eigenvalue weighted by atomic mass is 10.1. The number of aryl methyl sites for hydroxylation is 1. The number of carbonyl (C=O) groups is 1. The zero-order chi connectivity index (χ0) is 19.3. The van der Waals surface area contributed by atoms with Gasteiger partial charge in [-0.1, -0.05) is 37.6 Å². The highest BCUT2D eigenvalue weighted by molar-refractivity contribution is 7.92. The standard InChI is InChI=1S/C20H25N3O3S/c1-2-7-16-10-12-17(13-11-16)27(25,26)22-19-9-4-3-8-18(19)21-20(24)23-14-5-6-15-23/h3-4,8-13,22H,2,5-7,14-15H2,1H3,(H,21,24). The number of rotatable bonds is 6. The molecule has 0 bridgehead atoms. The highest BCUT2D eigenvalue weighted by Gasteiger charge is 2.20. The lowest BCUT2D eigenvalue weighted by molar-refractivity contribution is 0.222. The first-order chi connectivity index (χ1) is 13.0. The Balaban J connectivity index is 1.77. The van der Waals surface area contributed by atoms with E-state index in [1.165, 1.54) is 0 Å². The van der Waals surface area contributed by atoms with Crippen LogP contribution in [0.3, 0.4) is 0 Å². The second-order valence-electron chi connectivity index (χ2n) is 6.67. The zero-order valence-electron chi connectivity index (χ0n) is 15.4. The third-order valence-electron chi connectivity index (χ3n) is 4.58. The van der Waals surface area contributed by atoms with Gasteiger partial charge < -0.3 is 10.2 Å². The van der Waals surface area contributed by atoms with E-state index in [9.17, 15) is 13.2 Å². The fraction of sp³-hybridized carbons (Fsp3) is 0.350. The van der Waals surface area contributed by atoms with E-state index in [1.807, 2.05) is 12.1 Å². The molecule has 144 valence electrons. The van der Waals surface area contributed by atoms with Gasteiger partial charge in [-0.25, -0.2) is 13.2 Å². The predicted molar refractivity (Wildman–Crippen MR) is 108 cm³/mol. The lowest BCUT2D eigenvalue weighted by Gasteiger charge is -2.18. The molecule has 1 aliphatic rings. The van der Waals surface area contributed by atoms with E-state index in [1.54, 1.807) is 41.3 Å². The Hall–Kier alpha value is -2.54. The van der Waals surface area contributed by atoms with Gasteiger partial charge in [0.1, 0.15) is 0 Å². The van der Waals surface area contributed by atoms with Crippen molar-refractivity contribution in [1.29, 1.82) is 0 Å². The molecule has 2 aromatic rings. The van der Waals surface area contributed by atoms with Gasteiger partial charge >= 0.3 is 6.03 Å². The number of anilines is 2. The van der Waals surface area contributed by atoms with Crippen LogP contribution in [0.15, 0.2) is 53.4 Å². The molecule has 1 aliphatic heterocycles. The summed E-state index contributed by atoms with van der Waals surface area (Å²) in [5, 5.41) is 2.81. The van der Waals surface area contributed by atoms with Gasteiger partial charge in [0.25, 0.3) is 10.0 Å². The predicted octanol–water partition coefficient (Wildman–Crippen LogP) is 4.07. The minimum absolute atomic E-state index is 0.197. The minimum Gasteiger partial charge on any atom is -0.325 e. The molecule has 0 saturated carbocycles. The number of nitrogens with one attached hydrogen (secondary N) is 2. The number of nitrogens with zero attached hydrogens (tertiary/aromatic N) is 1. The van der Waals surface area contributed by atoms with E-state index < -0.39 is 10.0 Å². The topological polar surface area (TPSA) is 78.5 Å². The fourth-order valence-electron chi connectivity index (χ4n) is 3.12. The van der Waals surface area contributed by atoms with Crippen molar-refractivity contribution in [1.82, 2.24) is 4.90 Å². The Morgan fingerprint density at radius 2 is 1.63 bits per heavy atom. The smallest absolute Gasteiger partial charge is 0.321 e. The average Bonchev–Trinajstić information content (AvgIpc) is 3.19.